The third-order valence-electron chi connectivity index (χ3n) is 3.21. The molecule has 2 rings (SSSR count). The number of aromatic nitrogens is 2. The second-order valence-electron chi connectivity index (χ2n) is 4.35. The number of nitrogens with zero attached hydrogens (tertiary/aromatic N) is 2. The van der Waals surface area contributed by atoms with Gasteiger partial charge in [-0.2, -0.15) is 0 Å². The van der Waals surface area contributed by atoms with Gasteiger partial charge >= 0.3 is 0 Å². The Labute approximate surface area is 91.5 Å². The summed E-state index contributed by atoms with van der Waals surface area (Å²) in [5, 5.41) is 0. The van der Waals surface area contributed by atoms with E-state index in [0.29, 0.717) is 6.04 Å². The van der Waals surface area contributed by atoms with E-state index in [9.17, 15) is 0 Å². The summed E-state index contributed by atoms with van der Waals surface area (Å²) in [5.74, 6) is 0. The fraction of sp³-hybridized carbons (Fsp3) is 0.750. The Morgan fingerprint density at radius 3 is 2.93 bits per heavy atom. The van der Waals surface area contributed by atoms with E-state index in [1.807, 2.05) is 6.33 Å². The third kappa shape index (κ3) is 2.81. The minimum Gasteiger partial charge on any atom is -0.384 e. The van der Waals surface area contributed by atoms with Crippen LogP contribution in [0.4, 0.5) is 0 Å². The van der Waals surface area contributed by atoms with Crippen LogP contribution in [0.1, 0.15) is 43.8 Å². The zero-order chi connectivity index (χ0) is 10.5. The Bertz CT molecular complexity index is 290. The van der Waals surface area contributed by atoms with E-state index in [2.05, 4.69) is 15.7 Å². The molecule has 84 valence electrons. The van der Waals surface area contributed by atoms with Gasteiger partial charge in [-0.15, -0.1) is 0 Å². The molecule has 0 saturated heterocycles. The second kappa shape index (κ2) is 5.31. The molecule has 0 N–H and O–H groups in total. The van der Waals surface area contributed by atoms with Crippen LogP contribution < -0.4 is 0 Å². The maximum Gasteiger partial charge on any atom is 0.0952 e. The van der Waals surface area contributed by atoms with Crippen molar-refractivity contribution in [2.24, 2.45) is 0 Å². The van der Waals surface area contributed by atoms with Crippen LogP contribution in [-0.2, 0) is 11.2 Å². The minimum absolute atomic E-state index is 0.697. The van der Waals surface area contributed by atoms with Gasteiger partial charge in [-0.05, 0) is 12.8 Å². The first-order valence-electron chi connectivity index (χ1n) is 5.91. The van der Waals surface area contributed by atoms with Gasteiger partial charge in [-0.1, -0.05) is 19.3 Å². The molecule has 1 aliphatic carbocycles. The number of hydrogen-bond donors (Lipinski definition) is 0. The van der Waals surface area contributed by atoms with Gasteiger partial charge in [0.2, 0.25) is 0 Å². The molecule has 15 heavy (non-hydrogen) atoms. The first-order chi connectivity index (χ1) is 7.40. The lowest BCUT2D eigenvalue weighted by Gasteiger charge is -2.22. The first-order valence-corrected chi connectivity index (χ1v) is 5.91. The molecule has 0 bridgehead atoms. The minimum atomic E-state index is 0.697. The number of ether oxygens (including phenoxy) is 1. The van der Waals surface area contributed by atoms with Gasteiger partial charge in [0.15, 0.2) is 0 Å². The lowest BCUT2D eigenvalue weighted by Crippen LogP contribution is -2.10. The average Bonchev–Trinajstić information content (AvgIpc) is 2.76. The first kappa shape index (κ1) is 10.7. The lowest BCUT2D eigenvalue weighted by molar-refractivity contribution is 0.201. The Balaban J connectivity index is 1.93. The monoisotopic (exact) mass is 208 g/mol. The normalized spacial score (nSPS) is 18.2. The molecule has 0 aromatic carbocycles. The highest BCUT2D eigenvalue weighted by Crippen LogP contribution is 2.27. The molecule has 0 atom stereocenters. The van der Waals surface area contributed by atoms with Crippen molar-refractivity contribution in [1.82, 2.24) is 9.55 Å². The van der Waals surface area contributed by atoms with E-state index >= 15 is 0 Å². The van der Waals surface area contributed by atoms with Crippen molar-refractivity contribution in [3.8, 4) is 0 Å². The van der Waals surface area contributed by atoms with E-state index < -0.39 is 0 Å². The maximum absolute atomic E-state index is 5.05. The standard InChI is InChI=1S/C12H20N2O/c1-15-8-7-11-9-14(10-13-11)12-5-3-2-4-6-12/h9-10,12H,2-8H2,1H3. The zero-order valence-electron chi connectivity index (χ0n) is 9.48. The van der Waals surface area contributed by atoms with Crippen molar-refractivity contribution in [1.29, 1.82) is 0 Å². The van der Waals surface area contributed by atoms with E-state index in [-0.39, 0.29) is 0 Å². The van der Waals surface area contributed by atoms with Crippen LogP contribution in [0, 0.1) is 0 Å². The molecule has 3 nitrogen and oxygen atoms in total. The molecule has 0 spiro atoms. The summed E-state index contributed by atoms with van der Waals surface area (Å²) in [7, 11) is 1.73. The van der Waals surface area contributed by atoms with Crippen LogP contribution in [0.3, 0.4) is 0 Å². The van der Waals surface area contributed by atoms with Gasteiger partial charge in [-0.25, -0.2) is 4.98 Å². The second-order valence-corrected chi connectivity index (χ2v) is 4.35. The highest BCUT2D eigenvalue weighted by Gasteiger charge is 2.15. The quantitative estimate of drug-likeness (QED) is 0.760. The van der Waals surface area contributed by atoms with E-state index in [0.717, 1.165) is 18.7 Å². The van der Waals surface area contributed by atoms with Gasteiger partial charge in [0, 0.05) is 25.8 Å². The van der Waals surface area contributed by atoms with E-state index in [1.165, 1.54) is 32.1 Å². The molecular formula is C12H20N2O. The summed E-state index contributed by atoms with van der Waals surface area (Å²) < 4.78 is 7.35. The maximum atomic E-state index is 5.05. The van der Waals surface area contributed by atoms with Gasteiger partial charge in [0.1, 0.15) is 0 Å². The number of hydrogen-bond acceptors (Lipinski definition) is 2. The molecule has 0 amide bonds. The molecule has 1 fully saturated rings. The molecule has 3 heteroatoms. The van der Waals surface area contributed by atoms with Gasteiger partial charge in [-0.3, -0.25) is 0 Å². The summed E-state index contributed by atoms with van der Waals surface area (Å²) in [6, 6.07) is 0.697. The van der Waals surface area contributed by atoms with Crippen molar-refractivity contribution in [2.45, 2.75) is 44.6 Å². The molecule has 0 radical (unpaired) electrons. The topological polar surface area (TPSA) is 27.1 Å². The third-order valence-corrected chi connectivity index (χ3v) is 3.21. The summed E-state index contributed by atoms with van der Waals surface area (Å²) >= 11 is 0. The molecule has 1 aliphatic rings. The Morgan fingerprint density at radius 2 is 2.20 bits per heavy atom. The van der Waals surface area contributed by atoms with Crippen LogP contribution in [0.2, 0.25) is 0 Å². The van der Waals surface area contributed by atoms with Crippen molar-refractivity contribution in [2.75, 3.05) is 13.7 Å². The molecule has 1 heterocycles. The van der Waals surface area contributed by atoms with Crippen LogP contribution in [0.25, 0.3) is 0 Å². The Kier molecular flexibility index (Phi) is 3.78. The van der Waals surface area contributed by atoms with E-state index in [4.69, 9.17) is 4.74 Å². The van der Waals surface area contributed by atoms with Crippen molar-refractivity contribution >= 4 is 0 Å². The van der Waals surface area contributed by atoms with Crippen molar-refractivity contribution in [3.05, 3.63) is 18.2 Å². The van der Waals surface area contributed by atoms with Crippen LogP contribution in [0.15, 0.2) is 12.5 Å². The molecule has 0 unspecified atom stereocenters. The Hall–Kier alpha value is -0.830. The molecule has 1 aromatic rings. The van der Waals surface area contributed by atoms with Crippen LogP contribution >= 0.6 is 0 Å². The SMILES string of the molecule is COCCc1cn(C2CCCCC2)cn1. The van der Waals surface area contributed by atoms with Gasteiger partial charge < -0.3 is 9.30 Å². The molecular weight excluding hydrogens is 188 g/mol. The fourth-order valence-electron chi connectivity index (χ4n) is 2.29. The van der Waals surface area contributed by atoms with Crippen LogP contribution in [0.5, 0.6) is 0 Å². The Morgan fingerprint density at radius 1 is 1.40 bits per heavy atom. The number of imidazole rings is 1. The highest BCUT2D eigenvalue weighted by molar-refractivity contribution is 4.98. The van der Waals surface area contributed by atoms with E-state index in [1.54, 1.807) is 7.11 Å². The lowest BCUT2D eigenvalue weighted by atomic mass is 9.95. The van der Waals surface area contributed by atoms with Gasteiger partial charge in [0.05, 0.1) is 18.6 Å². The molecule has 1 saturated carbocycles. The number of rotatable bonds is 4. The summed E-state index contributed by atoms with van der Waals surface area (Å²) in [6.45, 7) is 0.766. The zero-order valence-corrected chi connectivity index (χ0v) is 9.48. The summed E-state index contributed by atoms with van der Waals surface area (Å²) in [6.07, 6.45) is 11.9. The highest BCUT2D eigenvalue weighted by atomic mass is 16.5. The summed E-state index contributed by atoms with van der Waals surface area (Å²) in [4.78, 5) is 4.41. The average molecular weight is 208 g/mol. The predicted octanol–water partition coefficient (Wildman–Crippen LogP) is 2.58. The predicted molar refractivity (Wildman–Crippen MR) is 59.9 cm³/mol. The smallest absolute Gasteiger partial charge is 0.0952 e. The van der Waals surface area contributed by atoms with Gasteiger partial charge in [0.25, 0.3) is 0 Å². The van der Waals surface area contributed by atoms with Crippen molar-refractivity contribution < 1.29 is 4.74 Å². The summed E-state index contributed by atoms with van der Waals surface area (Å²) in [5.41, 5.74) is 1.16. The number of methoxy groups -OCH3 is 1. The van der Waals surface area contributed by atoms with Crippen LogP contribution in [-0.4, -0.2) is 23.3 Å². The molecule has 1 aromatic heterocycles. The fourth-order valence-corrected chi connectivity index (χ4v) is 2.29. The largest absolute Gasteiger partial charge is 0.384 e. The van der Waals surface area contributed by atoms with Crippen molar-refractivity contribution in [3.63, 3.8) is 0 Å². The molecule has 0 aliphatic heterocycles.